The van der Waals surface area contributed by atoms with E-state index in [0.717, 1.165) is 26.5 Å². The highest BCUT2D eigenvalue weighted by atomic mass is 32.1. The predicted octanol–water partition coefficient (Wildman–Crippen LogP) is 5.08. The first-order valence-electron chi connectivity index (χ1n) is 11.7. The van der Waals surface area contributed by atoms with Crippen LogP contribution in [0.3, 0.4) is 0 Å². The van der Waals surface area contributed by atoms with Gasteiger partial charge >= 0.3 is 5.97 Å². The van der Waals surface area contributed by atoms with Crippen molar-refractivity contribution in [1.29, 1.82) is 0 Å². The number of carbonyl (C=O) groups is 2. The van der Waals surface area contributed by atoms with E-state index in [1.54, 1.807) is 29.7 Å². The highest BCUT2D eigenvalue weighted by molar-refractivity contribution is 7.21. The summed E-state index contributed by atoms with van der Waals surface area (Å²) in [4.78, 5) is 31.9. The summed E-state index contributed by atoms with van der Waals surface area (Å²) in [5.41, 5.74) is 3.27. The number of pyridine rings is 1. The van der Waals surface area contributed by atoms with Gasteiger partial charge in [-0.3, -0.25) is 9.59 Å². The van der Waals surface area contributed by atoms with Crippen LogP contribution >= 0.6 is 11.3 Å². The summed E-state index contributed by atoms with van der Waals surface area (Å²) in [5, 5.41) is 15.7. The number of hydrogen-bond acceptors (Lipinski definition) is 7. The number of nitrogens with one attached hydrogen (secondary N) is 2. The summed E-state index contributed by atoms with van der Waals surface area (Å²) in [6.45, 7) is 4.73. The van der Waals surface area contributed by atoms with Crippen molar-refractivity contribution in [3.8, 4) is 16.5 Å². The summed E-state index contributed by atoms with van der Waals surface area (Å²) in [6, 6.07) is 19.0. The second kappa shape index (κ2) is 11.6. The smallest absolute Gasteiger partial charge is 0.305 e. The lowest BCUT2D eigenvalue weighted by atomic mass is 10.0. The van der Waals surface area contributed by atoms with E-state index in [1.807, 2.05) is 42.5 Å². The van der Waals surface area contributed by atoms with Gasteiger partial charge in [-0.2, -0.15) is 0 Å². The van der Waals surface area contributed by atoms with Gasteiger partial charge in [-0.25, -0.2) is 9.97 Å². The number of amides is 1. The highest BCUT2D eigenvalue weighted by Crippen LogP contribution is 2.30. The van der Waals surface area contributed by atoms with Crippen molar-refractivity contribution in [2.45, 2.75) is 26.3 Å². The molecular weight excluding hydrogens is 476 g/mol. The molecule has 3 N–H and O–H groups in total. The Morgan fingerprint density at radius 1 is 1.06 bits per heavy atom. The summed E-state index contributed by atoms with van der Waals surface area (Å²) < 4.78 is 7.12. The van der Waals surface area contributed by atoms with Gasteiger partial charge in [0.2, 0.25) is 5.88 Å². The van der Waals surface area contributed by atoms with Crippen molar-refractivity contribution in [3.63, 3.8) is 0 Å². The molecule has 0 saturated carbocycles. The van der Waals surface area contributed by atoms with Crippen LogP contribution in [0.2, 0.25) is 0 Å². The van der Waals surface area contributed by atoms with Gasteiger partial charge in [0.05, 0.1) is 22.7 Å². The van der Waals surface area contributed by atoms with Crippen LogP contribution in [-0.4, -0.2) is 46.1 Å². The average Bonchev–Trinajstić information content (AvgIpc) is 3.31. The number of rotatable bonds is 11. The lowest BCUT2D eigenvalue weighted by molar-refractivity contribution is -0.136. The molecule has 0 aliphatic carbocycles. The molecule has 1 amide bonds. The number of nitrogens with zero attached hydrogens (tertiary/aromatic N) is 2. The van der Waals surface area contributed by atoms with Crippen molar-refractivity contribution in [2.24, 2.45) is 5.92 Å². The largest absolute Gasteiger partial charge is 0.481 e. The molecule has 2 aromatic heterocycles. The molecule has 0 aliphatic heterocycles. The van der Waals surface area contributed by atoms with Gasteiger partial charge < -0.3 is 20.5 Å². The Hall–Kier alpha value is -3.98. The number of thiazole rings is 1. The van der Waals surface area contributed by atoms with Crippen LogP contribution in [0.4, 0.5) is 5.69 Å². The second-order valence-electron chi connectivity index (χ2n) is 8.65. The Morgan fingerprint density at radius 3 is 2.50 bits per heavy atom. The topological polar surface area (TPSA) is 113 Å². The highest BCUT2D eigenvalue weighted by Gasteiger charge is 2.16. The van der Waals surface area contributed by atoms with E-state index >= 15 is 0 Å². The maximum atomic E-state index is 12.1. The molecule has 1 atom stereocenters. The Kier molecular flexibility index (Phi) is 8.12. The molecule has 0 bridgehead atoms. The molecule has 0 aliphatic rings. The fourth-order valence-corrected chi connectivity index (χ4v) is 4.44. The lowest BCUT2D eigenvalue weighted by Gasteiger charge is -2.23. The molecule has 0 spiro atoms. The van der Waals surface area contributed by atoms with Crippen LogP contribution in [0, 0.1) is 5.92 Å². The first-order chi connectivity index (χ1) is 17.4. The van der Waals surface area contributed by atoms with E-state index in [2.05, 4.69) is 40.5 Å². The van der Waals surface area contributed by atoms with Crippen LogP contribution in [0.1, 0.15) is 30.6 Å². The molecule has 36 heavy (non-hydrogen) atoms. The van der Waals surface area contributed by atoms with Crippen molar-refractivity contribution >= 4 is 39.1 Å². The van der Waals surface area contributed by atoms with E-state index in [0.29, 0.717) is 18.1 Å². The monoisotopic (exact) mass is 504 g/mol. The van der Waals surface area contributed by atoms with Crippen LogP contribution < -0.4 is 15.4 Å². The number of aromatic nitrogens is 2. The standard InChI is InChI=1S/C27H28N4O4S/c1-17(2)22(30-20-10-7-18(8-11-20)26(34)28-14-13-25(32)33)16-35-24-12-9-19(15-29-24)27-31-21-5-3-4-6-23(21)36-27/h3-12,15,17,22,30H,13-14,16H2,1-2H3,(H,28,34)(H,32,33). The molecule has 0 saturated heterocycles. The second-order valence-corrected chi connectivity index (χ2v) is 9.69. The molecule has 2 aromatic carbocycles. The third kappa shape index (κ3) is 6.57. The number of para-hydroxylation sites is 1. The molecule has 9 heteroatoms. The number of benzene rings is 2. The van der Waals surface area contributed by atoms with Crippen molar-refractivity contribution < 1.29 is 19.4 Å². The maximum Gasteiger partial charge on any atom is 0.305 e. The van der Waals surface area contributed by atoms with E-state index < -0.39 is 5.97 Å². The normalized spacial score (nSPS) is 11.9. The quantitative estimate of drug-likeness (QED) is 0.261. The zero-order valence-electron chi connectivity index (χ0n) is 20.1. The average molecular weight is 505 g/mol. The third-order valence-electron chi connectivity index (χ3n) is 5.62. The van der Waals surface area contributed by atoms with Gasteiger partial charge in [0, 0.05) is 35.6 Å². The number of hydrogen-bond donors (Lipinski definition) is 3. The lowest BCUT2D eigenvalue weighted by Crippen LogP contribution is -2.32. The minimum absolute atomic E-state index is 0.0194. The Bertz CT molecular complexity index is 1290. The number of fused-ring (bicyclic) bond motifs is 1. The Labute approximate surface area is 213 Å². The summed E-state index contributed by atoms with van der Waals surface area (Å²) in [6.07, 6.45) is 1.67. The summed E-state index contributed by atoms with van der Waals surface area (Å²) >= 11 is 1.64. The number of ether oxygens (including phenoxy) is 1. The van der Waals surface area contributed by atoms with Crippen molar-refractivity contribution in [2.75, 3.05) is 18.5 Å². The van der Waals surface area contributed by atoms with Crippen LogP contribution in [0.15, 0.2) is 66.9 Å². The van der Waals surface area contributed by atoms with E-state index in [9.17, 15) is 9.59 Å². The van der Waals surface area contributed by atoms with Crippen molar-refractivity contribution in [1.82, 2.24) is 15.3 Å². The maximum absolute atomic E-state index is 12.1. The van der Waals surface area contributed by atoms with Gasteiger partial charge in [-0.05, 0) is 48.4 Å². The summed E-state index contributed by atoms with van der Waals surface area (Å²) in [7, 11) is 0. The van der Waals surface area contributed by atoms with Crippen LogP contribution in [-0.2, 0) is 4.79 Å². The molecule has 186 valence electrons. The number of anilines is 1. The fourth-order valence-electron chi connectivity index (χ4n) is 3.48. The summed E-state index contributed by atoms with van der Waals surface area (Å²) in [5.74, 6) is -0.422. The molecule has 2 heterocycles. The number of carboxylic acids is 1. The van der Waals surface area contributed by atoms with Crippen molar-refractivity contribution in [3.05, 3.63) is 72.4 Å². The van der Waals surface area contributed by atoms with E-state index in [1.165, 1.54) is 0 Å². The molecule has 4 rings (SSSR count). The van der Waals surface area contributed by atoms with Gasteiger partial charge in [-0.15, -0.1) is 11.3 Å². The van der Waals surface area contributed by atoms with Crippen LogP contribution in [0.25, 0.3) is 20.8 Å². The zero-order chi connectivity index (χ0) is 25.5. The molecule has 8 nitrogen and oxygen atoms in total. The van der Waals surface area contributed by atoms with Crippen LogP contribution in [0.5, 0.6) is 5.88 Å². The molecule has 1 unspecified atom stereocenters. The van der Waals surface area contributed by atoms with Gasteiger partial charge in [0.1, 0.15) is 11.6 Å². The first-order valence-corrected chi connectivity index (χ1v) is 12.5. The molecule has 4 aromatic rings. The number of carbonyl (C=O) groups excluding carboxylic acids is 1. The number of aliphatic carboxylic acids is 1. The van der Waals surface area contributed by atoms with E-state index in [4.69, 9.17) is 9.84 Å². The van der Waals surface area contributed by atoms with Gasteiger partial charge in [0.25, 0.3) is 5.91 Å². The number of carboxylic acid groups (broad SMARTS) is 1. The minimum Gasteiger partial charge on any atom is -0.481 e. The predicted molar refractivity (Wildman–Crippen MR) is 142 cm³/mol. The van der Waals surface area contributed by atoms with E-state index in [-0.39, 0.29) is 30.8 Å². The zero-order valence-corrected chi connectivity index (χ0v) is 20.9. The minimum atomic E-state index is -0.948. The first kappa shape index (κ1) is 25.1. The third-order valence-corrected chi connectivity index (χ3v) is 6.70. The molecular formula is C27H28N4O4S. The fraction of sp³-hybridized carbons (Fsp3) is 0.259. The van der Waals surface area contributed by atoms with Gasteiger partial charge in [-0.1, -0.05) is 26.0 Å². The molecule has 0 radical (unpaired) electrons. The molecule has 0 fully saturated rings. The Balaban J connectivity index is 1.32. The van der Waals surface area contributed by atoms with Gasteiger partial charge in [0.15, 0.2) is 0 Å². The Morgan fingerprint density at radius 2 is 1.83 bits per heavy atom. The SMILES string of the molecule is CC(C)C(COc1ccc(-c2nc3ccccc3s2)cn1)Nc1ccc(C(=O)NCCC(=O)O)cc1.